The van der Waals surface area contributed by atoms with E-state index in [1.807, 2.05) is 11.8 Å². The van der Waals surface area contributed by atoms with E-state index in [4.69, 9.17) is 0 Å². The van der Waals surface area contributed by atoms with Crippen LogP contribution >= 0.6 is 11.8 Å². The Morgan fingerprint density at radius 1 is 1.21 bits per heavy atom. The van der Waals surface area contributed by atoms with Crippen molar-refractivity contribution in [1.29, 1.82) is 0 Å². The highest BCUT2D eigenvalue weighted by molar-refractivity contribution is 7.98. The van der Waals surface area contributed by atoms with E-state index in [-0.39, 0.29) is 5.25 Å². The van der Waals surface area contributed by atoms with E-state index in [1.54, 1.807) is 6.92 Å². The van der Waals surface area contributed by atoms with Crippen LogP contribution in [0.2, 0.25) is 0 Å². The molecule has 2 N–H and O–H groups in total. The van der Waals surface area contributed by atoms with Crippen molar-refractivity contribution in [3.05, 3.63) is 0 Å². The molecule has 0 aromatic carbocycles. The van der Waals surface area contributed by atoms with E-state index >= 15 is 0 Å². The molecule has 0 saturated heterocycles. The van der Waals surface area contributed by atoms with Crippen molar-refractivity contribution in [1.82, 2.24) is 10.0 Å². The molecule has 0 amide bonds. The Kier molecular flexibility index (Phi) is 8.37. The Labute approximate surface area is 122 Å². The number of thioether (sulfide) groups is 1. The van der Waals surface area contributed by atoms with Crippen LogP contribution in [0.1, 0.15) is 45.4 Å². The van der Waals surface area contributed by atoms with Gasteiger partial charge in [0.1, 0.15) is 0 Å². The number of hydrogen-bond donors (Lipinski definition) is 2. The lowest BCUT2D eigenvalue weighted by atomic mass is 10.2. The van der Waals surface area contributed by atoms with E-state index in [0.717, 1.165) is 12.8 Å². The second-order valence-corrected chi connectivity index (χ2v) is 8.51. The zero-order valence-corrected chi connectivity index (χ0v) is 13.8. The summed E-state index contributed by atoms with van der Waals surface area (Å²) in [5, 5.41) is 2.92. The summed E-state index contributed by atoms with van der Waals surface area (Å²) in [7, 11) is -3.14. The predicted molar refractivity (Wildman–Crippen MR) is 84.3 cm³/mol. The first kappa shape index (κ1) is 17.3. The molecule has 1 rings (SSSR count). The number of hydrogen-bond acceptors (Lipinski definition) is 4. The summed E-state index contributed by atoms with van der Waals surface area (Å²) in [6.45, 7) is 2.92. The van der Waals surface area contributed by atoms with Gasteiger partial charge in [0.2, 0.25) is 10.0 Å². The maximum atomic E-state index is 11.9. The van der Waals surface area contributed by atoms with Crippen LogP contribution in [-0.2, 0) is 10.0 Å². The minimum atomic E-state index is -3.14. The second kappa shape index (κ2) is 9.21. The lowest BCUT2D eigenvalue weighted by Gasteiger charge is -2.14. The van der Waals surface area contributed by atoms with Crippen molar-refractivity contribution in [2.75, 3.05) is 25.1 Å². The average Bonchev–Trinajstić information content (AvgIpc) is 3.18. The molecule has 0 heterocycles. The molecule has 19 heavy (non-hydrogen) atoms. The SMILES string of the molecule is CSCCCCCCNS(=O)(=O)C(C)CNC1CC1. The highest BCUT2D eigenvalue weighted by Crippen LogP contribution is 2.18. The summed E-state index contributed by atoms with van der Waals surface area (Å²) in [5.41, 5.74) is 0. The highest BCUT2D eigenvalue weighted by Gasteiger charge is 2.25. The Morgan fingerprint density at radius 3 is 2.53 bits per heavy atom. The minimum Gasteiger partial charge on any atom is -0.313 e. The maximum Gasteiger partial charge on any atom is 0.215 e. The summed E-state index contributed by atoms with van der Waals surface area (Å²) >= 11 is 1.87. The molecule has 0 aromatic heterocycles. The van der Waals surface area contributed by atoms with Crippen molar-refractivity contribution in [3.8, 4) is 0 Å². The Bertz CT molecular complexity index is 330. The third-order valence-electron chi connectivity index (χ3n) is 3.38. The summed E-state index contributed by atoms with van der Waals surface area (Å²) in [6, 6.07) is 0.564. The molecule has 0 bridgehead atoms. The molecule has 6 heteroatoms. The predicted octanol–water partition coefficient (Wildman–Crippen LogP) is 1.97. The lowest BCUT2D eigenvalue weighted by Crippen LogP contribution is -2.39. The number of nitrogens with one attached hydrogen (secondary N) is 2. The van der Waals surface area contributed by atoms with Gasteiger partial charge >= 0.3 is 0 Å². The monoisotopic (exact) mass is 308 g/mol. The van der Waals surface area contributed by atoms with Crippen molar-refractivity contribution in [2.24, 2.45) is 0 Å². The summed E-state index contributed by atoms with van der Waals surface area (Å²) in [6.07, 6.45) is 8.98. The van der Waals surface area contributed by atoms with E-state index in [1.165, 1.54) is 31.4 Å². The van der Waals surface area contributed by atoms with Crippen LogP contribution in [0.3, 0.4) is 0 Å². The Hall–Kier alpha value is 0.220. The Morgan fingerprint density at radius 2 is 1.89 bits per heavy atom. The van der Waals surface area contributed by atoms with Crippen LogP contribution in [-0.4, -0.2) is 44.8 Å². The van der Waals surface area contributed by atoms with Crippen molar-refractivity contribution in [2.45, 2.75) is 56.7 Å². The van der Waals surface area contributed by atoms with E-state index < -0.39 is 10.0 Å². The van der Waals surface area contributed by atoms with Crippen LogP contribution in [0.5, 0.6) is 0 Å². The molecule has 1 atom stereocenters. The van der Waals surface area contributed by atoms with E-state index in [0.29, 0.717) is 19.1 Å². The minimum absolute atomic E-state index is 0.343. The fraction of sp³-hybridized carbons (Fsp3) is 1.00. The fourth-order valence-electron chi connectivity index (χ4n) is 1.81. The van der Waals surface area contributed by atoms with Gasteiger partial charge in [0.05, 0.1) is 5.25 Å². The first-order valence-electron chi connectivity index (χ1n) is 7.27. The summed E-state index contributed by atoms with van der Waals surface area (Å²) in [4.78, 5) is 0. The number of sulfonamides is 1. The summed E-state index contributed by atoms with van der Waals surface area (Å²) < 4.78 is 26.6. The molecule has 1 fully saturated rings. The summed E-state index contributed by atoms with van der Waals surface area (Å²) in [5.74, 6) is 1.20. The first-order valence-corrected chi connectivity index (χ1v) is 10.2. The van der Waals surface area contributed by atoms with Gasteiger partial charge in [-0.2, -0.15) is 11.8 Å². The van der Waals surface area contributed by atoms with Gasteiger partial charge in [-0.05, 0) is 44.6 Å². The first-order chi connectivity index (χ1) is 9.06. The topological polar surface area (TPSA) is 58.2 Å². The zero-order valence-electron chi connectivity index (χ0n) is 12.2. The second-order valence-electron chi connectivity index (χ2n) is 5.34. The molecule has 1 aliphatic rings. The zero-order chi connectivity index (χ0) is 14.1. The van der Waals surface area contributed by atoms with Crippen molar-refractivity contribution < 1.29 is 8.42 Å². The molecule has 1 aliphatic carbocycles. The third-order valence-corrected chi connectivity index (χ3v) is 5.91. The van der Waals surface area contributed by atoms with Gasteiger partial charge in [0.15, 0.2) is 0 Å². The van der Waals surface area contributed by atoms with Gasteiger partial charge in [0, 0.05) is 19.1 Å². The van der Waals surface area contributed by atoms with Crippen LogP contribution in [0.25, 0.3) is 0 Å². The van der Waals surface area contributed by atoms with E-state index in [9.17, 15) is 8.42 Å². The normalized spacial score (nSPS) is 17.6. The van der Waals surface area contributed by atoms with Crippen LogP contribution in [0.4, 0.5) is 0 Å². The fourth-order valence-corrected chi connectivity index (χ4v) is 3.33. The molecular formula is C13H28N2O2S2. The quantitative estimate of drug-likeness (QED) is 0.541. The van der Waals surface area contributed by atoms with Crippen LogP contribution in [0.15, 0.2) is 0 Å². The molecule has 0 spiro atoms. The molecule has 0 aromatic rings. The smallest absolute Gasteiger partial charge is 0.215 e. The number of unbranched alkanes of at least 4 members (excludes halogenated alkanes) is 3. The van der Waals surface area contributed by atoms with Crippen LogP contribution in [0, 0.1) is 0 Å². The molecule has 4 nitrogen and oxygen atoms in total. The van der Waals surface area contributed by atoms with Gasteiger partial charge < -0.3 is 5.32 Å². The van der Waals surface area contributed by atoms with Gasteiger partial charge in [-0.1, -0.05) is 12.8 Å². The van der Waals surface area contributed by atoms with Gasteiger partial charge in [-0.3, -0.25) is 0 Å². The van der Waals surface area contributed by atoms with Gasteiger partial charge in [0.25, 0.3) is 0 Å². The largest absolute Gasteiger partial charge is 0.313 e. The van der Waals surface area contributed by atoms with Gasteiger partial charge in [-0.25, -0.2) is 13.1 Å². The van der Waals surface area contributed by atoms with Crippen molar-refractivity contribution >= 4 is 21.8 Å². The Balaban J connectivity index is 2.04. The van der Waals surface area contributed by atoms with Crippen molar-refractivity contribution in [3.63, 3.8) is 0 Å². The third kappa shape index (κ3) is 8.17. The molecule has 114 valence electrons. The molecule has 1 unspecified atom stereocenters. The van der Waals surface area contributed by atoms with Crippen LogP contribution < -0.4 is 10.0 Å². The molecular weight excluding hydrogens is 280 g/mol. The standard InChI is InChI=1S/C13H28N2O2S2/c1-12(11-14-13-7-8-13)19(16,17)15-9-5-3-4-6-10-18-2/h12-15H,3-11H2,1-2H3. The molecule has 0 radical (unpaired) electrons. The molecule has 1 saturated carbocycles. The number of rotatable bonds is 12. The maximum absolute atomic E-state index is 11.9. The van der Waals surface area contributed by atoms with Gasteiger partial charge in [-0.15, -0.1) is 0 Å². The average molecular weight is 309 g/mol. The molecule has 0 aliphatic heterocycles. The van der Waals surface area contributed by atoms with E-state index in [2.05, 4.69) is 16.3 Å². The lowest BCUT2D eigenvalue weighted by molar-refractivity contribution is 0.551. The highest BCUT2D eigenvalue weighted by atomic mass is 32.2.